The highest BCUT2D eigenvalue weighted by atomic mass is 16.3. The summed E-state index contributed by atoms with van der Waals surface area (Å²) < 4.78 is 0. The van der Waals surface area contributed by atoms with E-state index in [1.165, 1.54) is 12.1 Å². The highest BCUT2D eigenvalue weighted by Gasteiger charge is 2.25. The number of rotatable bonds is 1. The fourth-order valence-electron chi connectivity index (χ4n) is 2.38. The summed E-state index contributed by atoms with van der Waals surface area (Å²) in [7, 11) is 0. The van der Waals surface area contributed by atoms with Gasteiger partial charge in [0.25, 0.3) is 5.91 Å². The number of phenols is 1. The first-order valence-corrected chi connectivity index (χ1v) is 6.09. The number of nitrogens with two attached hydrogens (primary N) is 1. The summed E-state index contributed by atoms with van der Waals surface area (Å²) in [4.78, 5) is 14.2. The fraction of sp³-hybridized carbons (Fsp3) is 0.133. The zero-order chi connectivity index (χ0) is 13.4. The third kappa shape index (κ3) is 2.01. The molecule has 4 heteroatoms. The maximum Gasteiger partial charge on any atom is 0.256 e. The van der Waals surface area contributed by atoms with Gasteiger partial charge in [-0.05, 0) is 29.3 Å². The average Bonchev–Trinajstić information content (AvgIpc) is 2.84. The largest absolute Gasteiger partial charge is 0.508 e. The van der Waals surface area contributed by atoms with E-state index in [0.717, 1.165) is 11.1 Å². The molecule has 1 aliphatic heterocycles. The maximum atomic E-state index is 12.4. The number of nitrogen functional groups attached to an aromatic ring is 1. The lowest BCUT2D eigenvalue weighted by Gasteiger charge is -2.16. The van der Waals surface area contributed by atoms with Crippen LogP contribution >= 0.6 is 0 Å². The van der Waals surface area contributed by atoms with Crippen molar-refractivity contribution in [3.63, 3.8) is 0 Å². The van der Waals surface area contributed by atoms with E-state index in [1.54, 1.807) is 11.0 Å². The van der Waals surface area contributed by atoms with Crippen molar-refractivity contribution in [2.75, 3.05) is 5.73 Å². The van der Waals surface area contributed by atoms with Gasteiger partial charge < -0.3 is 15.7 Å². The predicted molar refractivity (Wildman–Crippen MR) is 72.5 cm³/mol. The van der Waals surface area contributed by atoms with Gasteiger partial charge in [0.2, 0.25) is 0 Å². The summed E-state index contributed by atoms with van der Waals surface area (Å²) in [6.45, 7) is 1.17. The minimum absolute atomic E-state index is 0.0502. The average molecular weight is 254 g/mol. The molecule has 0 atom stereocenters. The lowest BCUT2D eigenvalue weighted by atomic mass is 10.1. The van der Waals surface area contributed by atoms with Crippen LogP contribution in [0.25, 0.3) is 0 Å². The van der Waals surface area contributed by atoms with Gasteiger partial charge in [0.15, 0.2) is 0 Å². The van der Waals surface area contributed by atoms with Crippen LogP contribution in [-0.2, 0) is 13.1 Å². The molecule has 1 aliphatic rings. The summed E-state index contributed by atoms with van der Waals surface area (Å²) in [5.41, 5.74) is 8.87. The summed E-state index contributed by atoms with van der Waals surface area (Å²) in [5, 5.41) is 9.48. The van der Waals surface area contributed by atoms with Gasteiger partial charge in [0, 0.05) is 18.8 Å². The second-order valence-corrected chi connectivity index (χ2v) is 4.70. The van der Waals surface area contributed by atoms with Gasteiger partial charge in [-0.15, -0.1) is 0 Å². The van der Waals surface area contributed by atoms with Crippen molar-refractivity contribution in [2.45, 2.75) is 13.1 Å². The predicted octanol–water partition coefficient (Wildman–Crippen LogP) is 2.13. The molecule has 96 valence electrons. The Kier molecular flexibility index (Phi) is 2.63. The van der Waals surface area contributed by atoms with Gasteiger partial charge in [0.05, 0.1) is 5.56 Å². The fourth-order valence-corrected chi connectivity index (χ4v) is 2.38. The van der Waals surface area contributed by atoms with Crippen LogP contribution in [0.1, 0.15) is 21.5 Å². The molecule has 2 aromatic carbocycles. The molecule has 4 nitrogen and oxygen atoms in total. The van der Waals surface area contributed by atoms with Gasteiger partial charge in [-0.25, -0.2) is 0 Å². The van der Waals surface area contributed by atoms with Crippen molar-refractivity contribution in [3.05, 3.63) is 59.2 Å². The standard InChI is InChI=1S/C15H14N2O2/c16-14-6-5-12(18)7-13(14)15(19)17-8-10-3-1-2-4-11(10)9-17/h1-7,18H,8-9,16H2. The van der Waals surface area contributed by atoms with E-state index < -0.39 is 0 Å². The Balaban J connectivity index is 1.89. The van der Waals surface area contributed by atoms with Gasteiger partial charge in [-0.1, -0.05) is 24.3 Å². The van der Waals surface area contributed by atoms with Crippen LogP contribution in [0.3, 0.4) is 0 Å². The van der Waals surface area contributed by atoms with Crippen molar-refractivity contribution >= 4 is 11.6 Å². The van der Waals surface area contributed by atoms with Crippen molar-refractivity contribution in [1.82, 2.24) is 4.90 Å². The number of anilines is 1. The minimum atomic E-state index is -0.149. The number of fused-ring (bicyclic) bond motifs is 1. The SMILES string of the molecule is Nc1ccc(O)cc1C(=O)N1Cc2ccccc2C1. The number of carbonyl (C=O) groups is 1. The van der Waals surface area contributed by atoms with E-state index in [1.807, 2.05) is 24.3 Å². The van der Waals surface area contributed by atoms with Gasteiger partial charge in [-0.3, -0.25) is 4.79 Å². The van der Waals surface area contributed by atoms with E-state index in [9.17, 15) is 9.90 Å². The monoisotopic (exact) mass is 254 g/mol. The van der Waals surface area contributed by atoms with E-state index in [2.05, 4.69) is 0 Å². The number of phenolic OH excluding ortho intramolecular Hbond substituents is 1. The summed E-state index contributed by atoms with van der Waals surface area (Å²) in [6, 6.07) is 12.4. The van der Waals surface area contributed by atoms with Crippen LogP contribution in [0.2, 0.25) is 0 Å². The van der Waals surface area contributed by atoms with E-state index in [0.29, 0.717) is 24.3 Å². The third-order valence-electron chi connectivity index (χ3n) is 3.40. The molecule has 0 fully saturated rings. The van der Waals surface area contributed by atoms with Crippen LogP contribution in [-0.4, -0.2) is 15.9 Å². The van der Waals surface area contributed by atoms with Crippen molar-refractivity contribution in [1.29, 1.82) is 0 Å². The molecule has 1 amide bonds. The Labute approximate surface area is 111 Å². The summed E-state index contributed by atoms with van der Waals surface area (Å²) in [5.74, 6) is -0.0983. The molecule has 0 saturated heterocycles. The van der Waals surface area contributed by atoms with Crippen molar-refractivity contribution in [2.24, 2.45) is 0 Å². The van der Waals surface area contributed by atoms with Crippen molar-refractivity contribution < 1.29 is 9.90 Å². The molecule has 0 unspecified atom stereocenters. The highest BCUT2D eigenvalue weighted by molar-refractivity contribution is 5.99. The summed E-state index contributed by atoms with van der Waals surface area (Å²) >= 11 is 0. The second kappa shape index (κ2) is 4.31. The van der Waals surface area contributed by atoms with Crippen molar-refractivity contribution in [3.8, 4) is 5.75 Å². The molecule has 0 spiro atoms. The van der Waals surface area contributed by atoms with Crippen LogP contribution in [0.5, 0.6) is 5.75 Å². The molecule has 0 aliphatic carbocycles. The normalized spacial score (nSPS) is 13.4. The Bertz CT molecular complexity index is 627. The Morgan fingerprint density at radius 3 is 2.37 bits per heavy atom. The van der Waals surface area contributed by atoms with E-state index in [-0.39, 0.29) is 11.7 Å². The number of nitrogens with zero attached hydrogens (tertiary/aromatic N) is 1. The maximum absolute atomic E-state index is 12.4. The molecule has 2 aromatic rings. The quantitative estimate of drug-likeness (QED) is 0.605. The van der Waals surface area contributed by atoms with Crippen LogP contribution in [0, 0.1) is 0 Å². The Morgan fingerprint density at radius 2 is 1.74 bits per heavy atom. The Morgan fingerprint density at radius 1 is 1.11 bits per heavy atom. The summed E-state index contributed by atoms with van der Waals surface area (Å²) in [6.07, 6.45) is 0. The van der Waals surface area contributed by atoms with Gasteiger partial charge in [0.1, 0.15) is 5.75 Å². The molecule has 0 aromatic heterocycles. The zero-order valence-corrected chi connectivity index (χ0v) is 10.3. The van der Waals surface area contributed by atoms with E-state index in [4.69, 9.17) is 5.73 Å². The number of hydrogen-bond donors (Lipinski definition) is 2. The number of benzene rings is 2. The Hall–Kier alpha value is -2.49. The molecular weight excluding hydrogens is 240 g/mol. The van der Waals surface area contributed by atoms with E-state index >= 15 is 0 Å². The second-order valence-electron chi connectivity index (χ2n) is 4.70. The highest BCUT2D eigenvalue weighted by Crippen LogP contribution is 2.26. The molecule has 0 saturated carbocycles. The molecule has 3 N–H and O–H groups in total. The molecule has 0 radical (unpaired) electrons. The first-order valence-electron chi connectivity index (χ1n) is 6.09. The molecule has 19 heavy (non-hydrogen) atoms. The first-order chi connectivity index (χ1) is 9.15. The minimum Gasteiger partial charge on any atom is -0.508 e. The number of carbonyl (C=O) groups excluding carboxylic acids is 1. The number of hydrogen-bond acceptors (Lipinski definition) is 3. The number of aromatic hydroxyl groups is 1. The molecule has 3 rings (SSSR count). The number of amides is 1. The molecular formula is C15H14N2O2. The third-order valence-corrected chi connectivity index (χ3v) is 3.40. The smallest absolute Gasteiger partial charge is 0.256 e. The van der Waals surface area contributed by atoms with Gasteiger partial charge >= 0.3 is 0 Å². The zero-order valence-electron chi connectivity index (χ0n) is 10.3. The van der Waals surface area contributed by atoms with Crippen LogP contribution in [0.4, 0.5) is 5.69 Å². The van der Waals surface area contributed by atoms with Gasteiger partial charge in [-0.2, -0.15) is 0 Å². The molecule has 1 heterocycles. The van der Waals surface area contributed by atoms with Crippen LogP contribution < -0.4 is 5.73 Å². The lowest BCUT2D eigenvalue weighted by molar-refractivity contribution is 0.0752. The topological polar surface area (TPSA) is 66.6 Å². The molecule has 0 bridgehead atoms. The first kappa shape index (κ1) is 11.6. The lowest BCUT2D eigenvalue weighted by Crippen LogP contribution is -2.26. The van der Waals surface area contributed by atoms with Crippen LogP contribution in [0.15, 0.2) is 42.5 Å².